The van der Waals surface area contributed by atoms with Gasteiger partial charge < -0.3 is 4.74 Å². The van der Waals surface area contributed by atoms with Gasteiger partial charge in [-0.25, -0.2) is 5.43 Å². The van der Waals surface area contributed by atoms with Gasteiger partial charge in [0, 0.05) is 0 Å². The highest BCUT2D eigenvalue weighted by Gasteiger charge is 2.02. The van der Waals surface area contributed by atoms with E-state index in [0.717, 1.165) is 0 Å². The van der Waals surface area contributed by atoms with E-state index in [-0.39, 0.29) is 18.6 Å². The summed E-state index contributed by atoms with van der Waals surface area (Å²) < 4.78 is 4.75. The molecule has 0 heterocycles. The van der Waals surface area contributed by atoms with Crippen LogP contribution in [-0.4, -0.2) is 18.6 Å². The van der Waals surface area contributed by atoms with Gasteiger partial charge in [0.05, 0.1) is 6.10 Å². The number of hydrazine groups is 1. The van der Waals surface area contributed by atoms with Crippen molar-refractivity contribution in [3.05, 3.63) is 0 Å². The number of rotatable bonds is 4. The number of halogens is 1. The molecule has 0 fully saturated rings. The first-order valence-corrected chi connectivity index (χ1v) is 3.32. The Balaban J connectivity index is 3.26. The minimum Gasteiger partial charge on any atom is -0.462 e. The molecule has 0 unspecified atom stereocenters. The second-order valence-corrected chi connectivity index (χ2v) is 2.18. The third-order valence-electron chi connectivity index (χ3n) is 0.667. The number of hydrogen-bond acceptors (Lipinski definition) is 4. The van der Waals surface area contributed by atoms with Gasteiger partial charge in [0.1, 0.15) is 6.54 Å². The summed E-state index contributed by atoms with van der Waals surface area (Å²) in [6.45, 7) is 3.64. The van der Waals surface area contributed by atoms with Crippen molar-refractivity contribution in [1.29, 1.82) is 0 Å². The maximum atomic E-state index is 10.6. The highest BCUT2D eigenvalue weighted by atomic mass is 35.5. The predicted octanol–water partition coefficient (Wildman–Crippen LogP) is 0.186. The highest BCUT2D eigenvalue weighted by molar-refractivity contribution is 6.13. The molecule has 0 aromatic carbocycles. The lowest BCUT2D eigenvalue weighted by Crippen LogP contribution is -2.31. The van der Waals surface area contributed by atoms with Gasteiger partial charge in [-0.05, 0) is 25.6 Å². The van der Waals surface area contributed by atoms with Gasteiger partial charge in [0.25, 0.3) is 0 Å². The molecular weight excluding hydrogens is 156 g/mol. The average molecular weight is 167 g/mol. The van der Waals surface area contributed by atoms with Gasteiger partial charge in [0.2, 0.25) is 0 Å². The molecule has 0 spiro atoms. The third kappa shape index (κ3) is 5.81. The molecule has 0 aromatic rings. The lowest BCUT2D eigenvalue weighted by atomic mass is 10.5. The number of hydrogen-bond donors (Lipinski definition) is 2. The Morgan fingerprint density at radius 2 is 2.30 bits per heavy atom. The van der Waals surface area contributed by atoms with Gasteiger partial charge in [-0.1, -0.05) is 0 Å². The fourth-order valence-electron chi connectivity index (χ4n) is 0.410. The van der Waals surface area contributed by atoms with Crippen molar-refractivity contribution in [2.24, 2.45) is 0 Å². The van der Waals surface area contributed by atoms with Crippen molar-refractivity contribution in [3.8, 4) is 0 Å². The van der Waals surface area contributed by atoms with E-state index >= 15 is 0 Å². The maximum Gasteiger partial charge on any atom is 0.321 e. The Labute approximate surface area is 65.0 Å². The van der Waals surface area contributed by atoms with E-state index in [0.29, 0.717) is 0 Å². The van der Waals surface area contributed by atoms with E-state index in [1.807, 2.05) is 0 Å². The lowest BCUT2D eigenvalue weighted by molar-refractivity contribution is -0.146. The van der Waals surface area contributed by atoms with Crippen LogP contribution in [0.4, 0.5) is 0 Å². The van der Waals surface area contributed by atoms with Crippen LogP contribution in [0.2, 0.25) is 0 Å². The van der Waals surface area contributed by atoms with Crippen molar-refractivity contribution in [3.63, 3.8) is 0 Å². The summed E-state index contributed by atoms with van der Waals surface area (Å²) in [4.78, 5) is 12.7. The van der Waals surface area contributed by atoms with Crippen molar-refractivity contribution >= 4 is 17.7 Å². The minimum absolute atomic E-state index is 0.0711. The first-order chi connectivity index (χ1) is 4.66. The number of carbonyl (C=O) groups excluding carboxylic acids is 1. The molecule has 60 valence electrons. The van der Waals surface area contributed by atoms with Crippen LogP contribution >= 0.6 is 11.8 Å². The molecule has 0 saturated heterocycles. The van der Waals surface area contributed by atoms with E-state index in [1.165, 1.54) is 0 Å². The molecular formula is C5H11ClN2O2. The normalized spacial score (nSPS) is 10.0. The minimum atomic E-state index is -0.330. The molecule has 0 aliphatic carbocycles. The van der Waals surface area contributed by atoms with Crippen LogP contribution in [0.1, 0.15) is 13.8 Å². The molecule has 0 rings (SSSR count). The van der Waals surface area contributed by atoms with Crippen molar-refractivity contribution in [2.75, 3.05) is 6.54 Å². The largest absolute Gasteiger partial charge is 0.462 e. The molecule has 0 radical (unpaired) electrons. The van der Waals surface area contributed by atoms with Crippen LogP contribution in [0.25, 0.3) is 0 Å². The molecule has 5 heteroatoms. The summed E-state index contributed by atoms with van der Waals surface area (Å²) in [5.41, 5.74) is 2.39. The summed E-state index contributed by atoms with van der Waals surface area (Å²) in [5.74, 6) is -0.330. The van der Waals surface area contributed by atoms with E-state index in [2.05, 4.69) is 10.4 Å². The van der Waals surface area contributed by atoms with Crippen LogP contribution in [0.15, 0.2) is 0 Å². The smallest absolute Gasteiger partial charge is 0.321 e. The second-order valence-electron chi connectivity index (χ2n) is 1.99. The zero-order valence-corrected chi connectivity index (χ0v) is 6.73. The summed E-state index contributed by atoms with van der Waals surface area (Å²) in [6, 6.07) is 0. The highest BCUT2D eigenvalue weighted by Crippen LogP contribution is 1.86. The Hall–Kier alpha value is -0.320. The van der Waals surface area contributed by atoms with E-state index in [4.69, 9.17) is 16.5 Å². The van der Waals surface area contributed by atoms with Gasteiger partial charge in [-0.3, -0.25) is 4.79 Å². The fourth-order valence-corrected chi connectivity index (χ4v) is 0.477. The summed E-state index contributed by atoms with van der Waals surface area (Å²) >= 11 is 5.01. The molecule has 10 heavy (non-hydrogen) atoms. The van der Waals surface area contributed by atoms with Crippen molar-refractivity contribution in [1.82, 2.24) is 10.4 Å². The van der Waals surface area contributed by atoms with Crippen LogP contribution in [0, 0.1) is 0 Å². The lowest BCUT2D eigenvalue weighted by Gasteiger charge is -2.06. The third-order valence-corrected chi connectivity index (χ3v) is 0.800. The molecule has 0 aromatic heterocycles. The number of ether oxygens (including phenoxy) is 1. The standard InChI is InChI=1S/C5H11ClN2O2/c1-4(2)10-5(9)3-7-8-6/h4,7-8H,3H2,1-2H3. The number of carbonyl (C=O) groups is 1. The van der Waals surface area contributed by atoms with Gasteiger partial charge in [-0.15, -0.1) is 0 Å². The zero-order chi connectivity index (χ0) is 7.98. The molecule has 0 aliphatic rings. The first-order valence-electron chi connectivity index (χ1n) is 2.94. The van der Waals surface area contributed by atoms with E-state index in [1.54, 1.807) is 13.8 Å². The van der Waals surface area contributed by atoms with Gasteiger partial charge >= 0.3 is 5.97 Å². The predicted molar refractivity (Wildman–Crippen MR) is 38.2 cm³/mol. The molecule has 0 aliphatic heterocycles. The Morgan fingerprint density at radius 1 is 1.70 bits per heavy atom. The van der Waals surface area contributed by atoms with Crippen molar-refractivity contribution < 1.29 is 9.53 Å². The zero-order valence-electron chi connectivity index (χ0n) is 5.98. The quantitative estimate of drug-likeness (QED) is 0.356. The molecule has 2 N–H and O–H groups in total. The first kappa shape index (κ1) is 9.68. The van der Waals surface area contributed by atoms with E-state index < -0.39 is 0 Å². The van der Waals surface area contributed by atoms with Gasteiger partial charge in [0.15, 0.2) is 0 Å². The van der Waals surface area contributed by atoms with Crippen LogP contribution in [0.5, 0.6) is 0 Å². The second kappa shape index (κ2) is 5.46. The molecule has 0 bridgehead atoms. The Bertz CT molecular complexity index is 108. The molecule has 0 amide bonds. The topological polar surface area (TPSA) is 50.4 Å². The average Bonchev–Trinajstić information content (AvgIpc) is 1.82. The number of esters is 1. The maximum absolute atomic E-state index is 10.6. The monoisotopic (exact) mass is 166 g/mol. The van der Waals surface area contributed by atoms with Crippen LogP contribution < -0.4 is 10.4 Å². The Kier molecular flexibility index (Phi) is 5.29. The molecule has 0 saturated carbocycles. The summed E-state index contributed by atoms with van der Waals surface area (Å²) in [6.07, 6.45) is -0.0791. The number of nitrogens with one attached hydrogen (secondary N) is 2. The fraction of sp³-hybridized carbons (Fsp3) is 0.800. The van der Waals surface area contributed by atoms with E-state index in [9.17, 15) is 4.79 Å². The van der Waals surface area contributed by atoms with Gasteiger partial charge in [-0.2, -0.15) is 4.94 Å². The molecule has 4 nitrogen and oxygen atoms in total. The Morgan fingerprint density at radius 3 is 2.70 bits per heavy atom. The van der Waals surface area contributed by atoms with Crippen LogP contribution in [-0.2, 0) is 9.53 Å². The molecule has 0 atom stereocenters. The van der Waals surface area contributed by atoms with Crippen LogP contribution in [0.3, 0.4) is 0 Å². The SMILES string of the molecule is CC(C)OC(=O)CNNCl. The summed E-state index contributed by atoms with van der Waals surface area (Å²) in [7, 11) is 0. The van der Waals surface area contributed by atoms with Crippen molar-refractivity contribution in [2.45, 2.75) is 20.0 Å². The summed E-state index contributed by atoms with van der Waals surface area (Å²) in [5, 5.41) is 0.